The average Bonchev–Trinajstić information content (AvgIpc) is 3.27. The highest BCUT2D eigenvalue weighted by atomic mass is 16.5. The van der Waals surface area contributed by atoms with E-state index in [2.05, 4.69) is 58.5 Å². The molecular weight excluding hydrogens is 400 g/mol. The SMILES string of the molecule is Cc1ccc(-c2noc(CN3CCCC(C(=O)NC(C)CCc4ccccc4)C3)n2)cc1. The van der Waals surface area contributed by atoms with E-state index in [1.807, 2.05) is 30.3 Å². The number of hydrogen-bond acceptors (Lipinski definition) is 5. The van der Waals surface area contributed by atoms with E-state index in [0.717, 1.165) is 44.3 Å². The van der Waals surface area contributed by atoms with Crippen LogP contribution in [0.2, 0.25) is 0 Å². The van der Waals surface area contributed by atoms with Gasteiger partial charge in [0.1, 0.15) is 0 Å². The van der Waals surface area contributed by atoms with Crippen LogP contribution < -0.4 is 5.32 Å². The summed E-state index contributed by atoms with van der Waals surface area (Å²) < 4.78 is 5.48. The first-order valence-electron chi connectivity index (χ1n) is 11.5. The lowest BCUT2D eigenvalue weighted by Gasteiger charge is -2.31. The van der Waals surface area contributed by atoms with Crippen LogP contribution in [0.25, 0.3) is 11.4 Å². The number of carbonyl (C=O) groups is 1. The van der Waals surface area contributed by atoms with E-state index in [1.54, 1.807) is 0 Å². The molecule has 1 amide bonds. The zero-order valence-corrected chi connectivity index (χ0v) is 19.0. The number of aromatic nitrogens is 2. The number of rotatable bonds is 8. The van der Waals surface area contributed by atoms with Gasteiger partial charge in [-0.2, -0.15) is 4.98 Å². The second-order valence-electron chi connectivity index (χ2n) is 8.89. The van der Waals surface area contributed by atoms with Crippen LogP contribution in [-0.2, 0) is 17.8 Å². The third kappa shape index (κ3) is 6.04. The van der Waals surface area contributed by atoms with Gasteiger partial charge in [0.25, 0.3) is 0 Å². The van der Waals surface area contributed by atoms with Crippen LogP contribution in [0.5, 0.6) is 0 Å². The topological polar surface area (TPSA) is 71.3 Å². The maximum absolute atomic E-state index is 12.8. The van der Waals surface area contributed by atoms with Crippen LogP contribution >= 0.6 is 0 Å². The van der Waals surface area contributed by atoms with Gasteiger partial charge in [-0.05, 0) is 51.6 Å². The highest BCUT2D eigenvalue weighted by molar-refractivity contribution is 5.79. The van der Waals surface area contributed by atoms with Crippen molar-refractivity contribution in [2.75, 3.05) is 13.1 Å². The molecule has 1 aliphatic rings. The number of amides is 1. The highest BCUT2D eigenvalue weighted by Crippen LogP contribution is 2.21. The molecule has 1 aliphatic heterocycles. The summed E-state index contributed by atoms with van der Waals surface area (Å²) >= 11 is 0. The third-order valence-electron chi connectivity index (χ3n) is 6.11. The summed E-state index contributed by atoms with van der Waals surface area (Å²) in [6, 6.07) is 18.7. The van der Waals surface area contributed by atoms with Crippen LogP contribution in [0.4, 0.5) is 0 Å². The third-order valence-corrected chi connectivity index (χ3v) is 6.11. The van der Waals surface area contributed by atoms with Gasteiger partial charge < -0.3 is 9.84 Å². The van der Waals surface area contributed by atoms with Gasteiger partial charge in [0.2, 0.25) is 17.6 Å². The van der Waals surface area contributed by atoms with E-state index < -0.39 is 0 Å². The van der Waals surface area contributed by atoms with Crippen molar-refractivity contribution >= 4 is 5.91 Å². The monoisotopic (exact) mass is 432 g/mol. The first-order chi connectivity index (χ1) is 15.6. The first kappa shape index (κ1) is 22.2. The van der Waals surface area contributed by atoms with E-state index in [1.165, 1.54) is 11.1 Å². The van der Waals surface area contributed by atoms with Gasteiger partial charge in [0.05, 0.1) is 12.5 Å². The Morgan fingerprint density at radius 1 is 1.19 bits per heavy atom. The summed E-state index contributed by atoms with van der Waals surface area (Å²) in [5.41, 5.74) is 3.46. The molecule has 1 aromatic heterocycles. The summed E-state index contributed by atoms with van der Waals surface area (Å²) in [4.78, 5) is 19.6. The molecule has 32 heavy (non-hydrogen) atoms. The number of benzene rings is 2. The standard InChI is InChI=1S/C26H32N4O2/c1-19-10-14-22(15-11-19)25-28-24(32-29-25)18-30-16-6-9-23(17-30)26(31)27-20(2)12-13-21-7-4-3-5-8-21/h3-5,7-8,10-11,14-15,20,23H,6,9,12-13,16-18H2,1-2H3,(H,27,31). The fraction of sp³-hybridized carbons (Fsp3) is 0.423. The van der Waals surface area contributed by atoms with Crippen LogP contribution in [0, 0.1) is 12.8 Å². The Labute approximate surface area is 190 Å². The van der Waals surface area contributed by atoms with Crippen molar-refractivity contribution in [2.45, 2.75) is 52.1 Å². The lowest BCUT2D eigenvalue weighted by Crippen LogP contribution is -2.45. The molecule has 6 nitrogen and oxygen atoms in total. The van der Waals surface area contributed by atoms with Crippen molar-refractivity contribution in [2.24, 2.45) is 5.92 Å². The number of nitrogens with one attached hydrogen (secondary N) is 1. The van der Waals surface area contributed by atoms with Crippen molar-refractivity contribution < 1.29 is 9.32 Å². The molecule has 0 aliphatic carbocycles. The lowest BCUT2D eigenvalue weighted by molar-refractivity contribution is -0.127. The fourth-order valence-corrected chi connectivity index (χ4v) is 4.20. The van der Waals surface area contributed by atoms with E-state index in [-0.39, 0.29) is 17.9 Å². The molecule has 0 radical (unpaired) electrons. The van der Waals surface area contributed by atoms with E-state index in [0.29, 0.717) is 18.3 Å². The Hall–Kier alpha value is -2.99. The summed E-state index contributed by atoms with van der Waals surface area (Å²) in [7, 11) is 0. The number of carbonyl (C=O) groups excluding carboxylic acids is 1. The van der Waals surface area contributed by atoms with Crippen LogP contribution in [-0.4, -0.2) is 40.1 Å². The normalized spacial score (nSPS) is 17.8. The Morgan fingerprint density at radius 3 is 2.75 bits per heavy atom. The van der Waals surface area contributed by atoms with Crippen molar-refractivity contribution in [1.82, 2.24) is 20.4 Å². The Balaban J connectivity index is 1.26. The molecule has 0 bridgehead atoms. The molecule has 1 saturated heterocycles. The maximum atomic E-state index is 12.8. The molecule has 4 rings (SSSR count). The molecule has 1 fully saturated rings. The van der Waals surface area contributed by atoms with Gasteiger partial charge in [-0.15, -0.1) is 0 Å². The van der Waals surface area contributed by atoms with E-state index in [4.69, 9.17) is 4.52 Å². The molecule has 6 heteroatoms. The second kappa shape index (κ2) is 10.6. The Kier molecular flexibility index (Phi) is 7.32. The summed E-state index contributed by atoms with van der Waals surface area (Å²) in [5, 5.41) is 7.35. The molecule has 3 aromatic rings. The van der Waals surface area contributed by atoms with E-state index >= 15 is 0 Å². The molecule has 2 unspecified atom stereocenters. The minimum Gasteiger partial charge on any atom is -0.353 e. The summed E-state index contributed by atoms with van der Waals surface area (Å²) in [6.07, 6.45) is 3.83. The fourth-order valence-electron chi connectivity index (χ4n) is 4.20. The Morgan fingerprint density at radius 2 is 1.97 bits per heavy atom. The second-order valence-corrected chi connectivity index (χ2v) is 8.89. The van der Waals surface area contributed by atoms with Crippen LogP contribution in [0.3, 0.4) is 0 Å². The number of nitrogens with zero attached hydrogens (tertiary/aromatic N) is 3. The number of aryl methyl sites for hydroxylation is 2. The van der Waals surface area contributed by atoms with Crippen LogP contribution in [0.1, 0.15) is 43.2 Å². The molecular formula is C26H32N4O2. The average molecular weight is 433 g/mol. The van der Waals surface area contributed by atoms with Crippen LogP contribution in [0.15, 0.2) is 59.1 Å². The predicted octanol–water partition coefficient (Wildman–Crippen LogP) is 4.39. The molecule has 0 saturated carbocycles. The summed E-state index contributed by atoms with van der Waals surface area (Å²) in [5.74, 6) is 1.36. The number of piperidine rings is 1. The van der Waals surface area contributed by atoms with Gasteiger partial charge in [-0.1, -0.05) is 65.3 Å². The zero-order chi connectivity index (χ0) is 22.3. The highest BCUT2D eigenvalue weighted by Gasteiger charge is 2.27. The lowest BCUT2D eigenvalue weighted by atomic mass is 9.96. The minimum absolute atomic E-state index is 0.00224. The Bertz CT molecular complexity index is 1000. The molecule has 168 valence electrons. The largest absolute Gasteiger partial charge is 0.353 e. The van der Waals surface area contributed by atoms with Gasteiger partial charge in [0, 0.05) is 18.2 Å². The van der Waals surface area contributed by atoms with Crippen molar-refractivity contribution in [1.29, 1.82) is 0 Å². The summed E-state index contributed by atoms with van der Waals surface area (Å²) in [6.45, 7) is 6.38. The molecule has 0 spiro atoms. The van der Waals surface area contributed by atoms with Crippen molar-refractivity contribution in [3.63, 3.8) is 0 Å². The van der Waals surface area contributed by atoms with Gasteiger partial charge >= 0.3 is 0 Å². The van der Waals surface area contributed by atoms with Gasteiger partial charge in [0.15, 0.2) is 0 Å². The predicted molar refractivity (Wildman–Crippen MR) is 125 cm³/mol. The zero-order valence-electron chi connectivity index (χ0n) is 19.0. The maximum Gasteiger partial charge on any atom is 0.241 e. The number of likely N-dealkylation sites (tertiary alicyclic amines) is 1. The van der Waals surface area contributed by atoms with E-state index in [9.17, 15) is 4.79 Å². The molecule has 1 N–H and O–H groups in total. The first-order valence-corrected chi connectivity index (χ1v) is 11.5. The van der Waals surface area contributed by atoms with Gasteiger partial charge in [-0.3, -0.25) is 9.69 Å². The van der Waals surface area contributed by atoms with Crippen molar-refractivity contribution in [3.05, 3.63) is 71.6 Å². The van der Waals surface area contributed by atoms with Crippen molar-refractivity contribution in [3.8, 4) is 11.4 Å². The quantitative estimate of drug-likeness (QED) is 0.571. The van der Waals surface area contributed by atoms with Gasteiger partial charge in [-0.25, -0.2) is 0 Å². The molecule has 2 aromatic carbocycles. The number of hydrogen-bond donors (Lipinski definition) is 1. The molecule has 2 atom stereocenters. The molecule has 2 heterocycles. The minimum atomic E-state index is 0.00224. The smallest absolute Gasteiger partial charge is 0.241 e.